The first-order valence-corrected chi connectivity index (χ1v) is 6.85. The number of carbonyl (C=O) groups is 3. The van der Waals surface area contributed by atoms with Crippen LogP contribution in [0.25, 0.3) is 0 Å². The summed E-state index contributed by atoms with van der Waals surface area (Å²) in [6, 6.07) is 0. The molecule has 1 fully saturated rings. The SMILES string of the molecule is CNC(=O)OCC1OC(OC)C(OC(C)=O)C(O)C1OC(C)=O. The van der Waals surface area contributed by atoms with Gasteiger partial charge >= 0.3 is 18.0 Å². The smallest absolute Gasteiger partial charge is 0.406 e. The Hall–Kier alpha value is -1.91. The lowest BCUT2D eigenvalue weighted by Gasteiger charge is -2.42. The van der Waals surface area contributed by atoms with Gasteiger partial charge in [-0.2, -0.15) is 0 Å². The molecule has 0 aromatic rings. The first-order valence-electron chi connectivity index (χ1n) is 6.85. The molecule has 0 aromatic heterocycles. The minimum absolute atomic E-state index is 0.304. The molecule has 0 aliphatic carbocycles. The van der Waals surface area contributed by atoms with Crippen LogP contribution in [-0.4, -0.2) is 74.6 Å². The van der Waals surface area contributed by atoms with E-state index in [1.165, 1.54) is 14.2 Å². The zero-order valence-corrected chi connectivity index (χ0v) is 13.3. The Balaban J connectivity index is 2.92. The van der Waals surface area contributed by atoms with Gasteiger partial charge < -0.3 is 34.1 Å². The predicted molar refractivity (Wildman–Crippen MR) is 73.2 cm³/mol. The zero-order chi connectivity index (χ0) is 17.6. The number of alkyl carbamates (subject to hydrolysis) is 1. The van der Waals surface area contributed by atoms with Crippen molar-refractivity contribution in [2.45, 2.75) is 44.6 Å². The van der Waals surface area contributed by atoms with E-state index in [-0.39, 0.29) is 6.61 Å². The Bertz CT molecular complexity index is 441. The first-order chi connectivity index (χ1) is 10.8. The molecule has 1 aliphatic heterocycles. The molecule has 1 rings (SSSR count). The summed E-state index contributed by atoms with van der Waals surface area (Å²) < 4.78 is 25.4. The van der Waals surface area contributed by atoms with Gasteiger partial charge in [-0.25, -0.2) is 4.79 Å². The van der Waals surface area contributed by atoms with Crippen molar-refractivity contribution in [1.29, 1.82) is 0 Å². The summed E-state index contributed by atoms with van der Waals surface area (Å²) in [4.78, 5) is 33.5. The topological polar surface area (TPSA) is 130 Å². The van der Waals surface area contributed by atoms with Gasteiger partial charge in [0.25, 0.3) is 0 Å². The fourth-order valence-electron chi connectivity index (χ4n) is 2.10. The number of methoxy groups -OCH3 is 1. The predicted octanol–water partition coefficient (Wildman–Crippen LogP) is -1.06. The molecule has 0 spiro atoms. The van der Waals surface area contributed by atoms with Crippen molar-refractivity contribution in [2.24, 2.45) is 0 Å². The van der Waals surface area contributed by atoms with Crippen LogP contribution in [0, 0.1) is 0 Å². The maximum atomic E-state index is 11.2. The summed E-state index contributed by atoms with van der Waals surface area (Å²) in [6.45, 7) is 2.00. The van der Waals surface area contributed by atoms with E-state index in [4.69, 9.17) is 23.7 Å². The molecule has 5 unspecified atom stereocenters. The number of hydrogen-bond acceptors (Lipinski definition) is 9. The van der Waals surface area contributed by atoms with Crippen LogP contribution in [0.1, 0.15) is 13.8 Å². The second-order valence-corrected chi connectivity index (χ2v) is 4.77. The maximum absolute atomic E-state index is 11.2. The van der Waals surface area contributed by atoms with Crippen molar-refractivity contribution in [3.05, 3.63) is 0 Å². The molecule has 5 atom stereocenters. The zero-order valence-electron chi connectivity index (χ0n) is 13.3. The highest BCUT2D eigenvalue weighted by molar-refractivity contribution is 5.67. The number of amides is 1. The van der Waals surface area contributed by atoms with Crippen LogP contribution in [0.15, 0.2) is 0 Å². The third-order valence-corrected chi connectivity index (χ3v) is 3.04. The molecule has 10 nitrogen and oxygen atoms in total. The lowest BCUT2D eigenvalue weighted by molar-refractivity contribution is -0.299. The molecule has 1 heterocycles. The second-order valence-electron chi connectivity index (χ2n) is 4.77. The van der Waals surface area contributed by atoms with Crippen LogP contribution in [0.4, 0.5) is 4.79 Å². The monoisotopic (exact) mass is 335 g/mol. The van der Waals surface area contributed by atoms with E-state index in [1.54, 1.807) is 0 Å². The number of nitrogens with one attached hydrogen (secondary N) is 1. The van der Waals surface area contributed by atoms with Gasteiger partial charge in [0.2, 0.25) is 0 Å². The van der Waals surface area contributed by atoms with Crippen LogP contribution >= 0.6 is 0 Å². The highest BCUT2D eigenvalue weighted by Crippen LogP contribution is 2.27. The van der Waals surface area contributed by atoms with Crippen molar-refractivity contribution in [2.75, 3.05) is 20.8 Å². The number of aliphatic hydroxyl groups is 1. The molecular formula is C13H21NO9. The average Bonchev–Trinajstić information content (AvgIpc) is 2.49. The molecule has 0 radical (unpaired) electrons. The van der Waals surface area contributed by atoms with Crippen molar-refractivity contribution >= 4 is 18.0 Å². The van der Waals surface area contributed by atoms with Crippen molar-refractivity contribution < 1.29 is 43.2 Å². The number of ether oxygens (including phenoxy) is 5. The quantitative estimate of drug-likeness (QED) is 0.477. The molecule has 132 valence electrons. The Morgan fingerprint density at radius 2 is 1.70 bits per heavy atom. The molecular weight excluding hydrogens is 314 g/mol. The minimum Gasteiger partial charge on any atom is -0.457 e. The molecule has 0 bridgehead atoms. The van der Waals surface area contributed by atoms with Gasteiger partial charge in [-0.15, -0.1) is 0 Å². The third-order valence-electron chi connectivity index (χ3n) is 3.04. The standard InChI is InChI=1S/C13H21NO9/c1-6(15)21-10-8(5-20-13(18)14-3)23-12(19-4)11(9(10)17)22-7(2)16/h8-12,17H,5H2,1-4H3,(H,14,18). The van der Waals surface area contributed by atoms with Crippen LogP contribution in [0.3, 0.4) is 0 Å². The Morgan fingerprint density at radius 3 is 2.17 bits per heavy atom. The summed E-state index contributed by atoms with van der Waals surface area (Å²) in [5.74, 6) is -1.35. The maximum Gasteiger partial charge on any atom is 0.406 e. The Kier molecular flexibility index (Phi) is 7.20. The second kappa shape index (κ2) is 8.65. The van der Waals surface area contributed by atoms with Gasteiger partial charge in [0.05, 0.1) is 0 Å². The van der Waals surface area contributed by atoms with Crippen molar-refractivity contribution in [3.63, 3.8) is 0 Å². The van der Waals surface area contributed by atoms with E-state index >= 15 is 0 Å². The molecule has 1 amide bonds. The van der Waals surface area contributed by atoms with Crippen LogP contribution in [-0.2, 0) is 33.3 Å². The van der Waals surface area contributed by atoms with Crippen molar-refractivity contribution in [3.8, 4) is 0 Å². The molecule has 0 saturated carbocycles. The summed E-state index contributed by atoms with van der Waals surface area (Å²) in [7, 11) is 2.66. The minimum atomic E-state index is -1.42. The Labute approximate surface area is 133 Å². The van der Waals surface area contributed by atoms with Crippen LogP contribution in [0.5, 0.6) is 0 Å². The lowest BCUT2D eigenvalue weighted by Crippen LogP contribution is -2.61. The highest BCUT2D eigenvalue weighted by atomic mass is 16.7. The highest BCUT2D eigenvalue weighted by Gasteiger charge is 2.49. The Morgan fingerprint density at radius 1 is 1.13 bits per heavy atom. The fourth-order valence-corrected chi connectivity index (χ4v) is 2.10. The average molecular weight is 335 g/mol. The third kappa shape index (κ3) is 5.34. The summed E-state index contributed by atoms with van der Waals surface area (Å²) in [5, 5.41) is 12.6. The fraction of sp³-hybridized carbons (Fsp3) is 0.769. The van der Waals surface area contributed by atoms with E-state index in [0.717, 1.165) is 13.8 Å². The van der Waals surface area contributed by atoms with E-state index in [2.05, 4.69) is 5.32 Å². The normalized spacial score (nSPS) is 30.2. The van der Waals surface area contributed by atoms with E-state index in [9.17, 15) is 19.5 Å². The number of hydrogen-bond donors (Lipinski definition) is 2. The van der Waals surface area contributed by atoms with Gasteiger partial charge in [0.1, 0.15) is 18.8 Å². The first kappa shape index (κ1) is 19.1. The number of carbonyl (C=O) groups excluding carboxylic acids is 3. The van der Waals surface area contributed by atoms with Gasteiger partial charge in [-0.1, -0.05) is 0 Å². The molecule has 2 N–H and O–H groups in total. The largest absolute Gasteiger partial charge is 0.457 e. The molecule has 1 saturated heterocycles. The number of aliphatic hydroxyl groups excluding tert-OH is 1. The number of esters is 2. The van der Waals surface area contributed by atoms with Crippen LogP contribution in [0.2, 0.25) is 0 Å². The van der Waals surface area contributed by atoms with Gasteiger partial charge in [-0.3, -0.25) is 9.59 Å². The number of rotatable bonds is 5. The summed E-state index contributed by atoms with van der Waals surface area (Å²) in [6.07, 6.45) is -6.64. The van der Waals surface area contributed by atoms with Gasteiger partial charge in [-0.05, 0) is 0 Å². The van der Waals surface area contributed by atoms with E-state index < -0.39 is 48.7 Å². The van der Waals surface area contributed by atoms with Crippen molar-refractivity contribution in [1.82, 2.24) is 5.32 Å². The molecule has 23 heavy (non-hydrogen) atoms. The molecule has 0 aromatic carbocycles. The summed E-state index contributed by atoms with van der Waals surface area (Å²) >= 11 is 0. The lowest BCUT2D eigenvalue weighted by atomic mass is 9.98. The van der Waals surface area contributed by atoms with Gasteiger partial charge in [0.15, 0.2) is 18.5 Å². The molecule has 1 aliphatic rings. The van der Waals surface area contributed by atoms with Gasteiger partial charge in [0, 0.05) is 28.0 Å². The molecule has 10 heteroatoms. The van der Waals surface area contributed by atoms with E-state index in [1.807, 2.05) is 0 Å². The van der Waals surface area contributed by atoms with E-state index in [0.29, 0.717) is 0 Å². The van der Waals surface area contributed by atoms with Crippen LogP contribution < -0.4 is 5.32 Å². The summed E-state index contributed by atoms with van der Waals surface area (Å²) in [5.41, 5.74) is 0.